The lowest BCUT2D eigenvalue weighted by atomic mass is 9.86. The fourth-order valence-corrected chi connectivity index (χ4v) is 2.86. The van der Waals surface area contributed by atoms with Gasteiger partial charge in [-0.3, -0.25) is 0 Å². The van der Waals surface area contributed by atoms with Crippen molar-refractivity contribution < 1.29 is 13.5 Å². The van der Waals surface area contributed by atoms with Crippen molar-refractivity contribution in [1.29, 1.82) is 0 Å². The quantitative estimate of drug-likeness (QED) is 0.818. The Morgan fingerprint density at radius 3 is 2.52 bits per heavy atom. The van der Waals surface area contributed by atoms with Gasteiger partial charge in [-0.15, -0.1) is 0 Å². The van der Waals surface area contributed by atoms with Gasteiger partial charge in [-0.05, 0) is 55.2 Å². The third-order valence-corrected chi connectivity index (χ3v) is 3.99. The largest absolute Gasteiger partial charge is 0.435 e. The lowest BCUT2D eigenvalue weighted by molar-refractivity contribution is -0.0498. The third-order valence-electron chi connectivity index (χ3n) is 3.77. The summed E-state index contributed by atoms with van der Waals surface area (Å²) in [6, 6.07) is 6.70. The fraction of sp³-hybridized carbons (Fsp3) is 0.533. The standard InChI is InChI=1S/C15H20F2N2OS/c1-10-4-2-3-5-13(10)19-15(21)18-11-6-8-12(9-7-11)20-14(16)17/h6-10,13-14H,2-5H2,1H3,(H2,18,19,21)/t10-,13+/m1/s1. The van der Waals surface area contributed by atoms with Crippen LogP contribution in [0.5, 0.6) is 5.75 Å². The zero-order valence-electron chi connectivity index (χ0n) is 11.9. The predicted octanol–water partition coefficient (Wildman–Crippen LogP) is 4.15. The Morgan fingerprint density at radius 2 is 1.90 bits per heavy atom. The molecule has 2 rings (SSSR count). The SMILES string of the molecule is C[C@@H]1CCCC[C@@H]1NC(=S)Nc1ccc(OC(F)F)cc1. The average molecular weight is 314 g/mol. The average Bonchev–Trinajstić information content (AvgIpc) is 2.43. The second-order valence-corrected chi connectivity index (χ2v) is 5.78. The van der Waals surface area contributed by atoms with E-state index in [4.69, 9.17) is 12.2 Å². The molecule has 0 bridgehead atoms. The molecule has 0 spiro atoms. The first kappa shape index (κ1) is 15.9. The number of thiocarbonyl (C=S) groups is 1. The number of hydrogen-bond acceptors (Lipinski definition) is 2. The van der Waals surface area contributed by atoms with Gasteiger partial charge in [-0.2, -0.15) is 8.78 Å². The highest BCUT2D eigenvalue weighted by Gasteiger charge is 2.21. The second kappa shape index (κ2) is 7.54. The van der Waals surface area contributed by atoms with Crippen LogP contribution in [0.1, 0.15) is 32.6 Å². The molecule has 0 heterocycles. The van der Waals surface area contributed by atoms with Crippen molar-refractivity contribution in [2.24, 2.45) is 5.92 Å². The molecule has 2 atom stereocenters. The van der Waals surface area contributed by atoms with E-state index in [1.807, 2.05) is 0 Å². The topological polar surface area (TPSA) is 33.3 Å². The Morgan fingerprint density at radius 1 is 1.24 bits per heavy atom. The maximum absolute atomic E-state index is 12.1. The fourth-order valence-electron chi connectivity index (χ4n) is 2.59. The molecule has 1 aliphatic rings. The maximum Gasteiger partial charge on any atom is 0.387 e. The molecule has 1 aliphatic carbocycles. The zero-order valence-corrected chi connectivity index (χ0v) is 12.8. The third kappa shape index (κ3) is 5.12. The molecule has 116 valence electrons. The Kier molecular flexibility index (Phi) is 5.73. The van der Waals surface area contributed by atoms with E-state index in [1.165, 1.54) is 31.4 Å². The van der Waals surface area contributed by atoms with Gasteiger partial charge in [-0.25, -0.2) is 0 Å². The van der Waals surface area contributed by atoms with Crippen LogP contribution in [0, 0.1) is 5.92 Å². The highest BCUT2D eigenvalue weighted by atomic mass is 32.1. The van der Waals surface area contributed by atoms with Gasteiger partial charge < -0.3 is 15.4 Å². The number of benzene rings is 1. The first-order valence-corrected chi connectivity index (χ1v) is 7.58. The summed E-state index contributed by atoms with van der Waals surface area (Å²) < 4.78 is 28.4. The summed E-state index contributed by atoms with van der Waals surface area (Å²) in [5.74, 6) is 0.746. The number of rotatable bonds is 4. The van der Waals surface area contributed by atoms with Gasteiger partial charge >= 0.3 is 6.61 Å². The highest BCUT2D eigenvalue weighted by molar-refractivity contribution is 7.80. The van der Waals surface area contributed by atoms with Crippen LogP contribution in [0.15, 0.2) is 24.3 Å². The summed E-state index contributed by atoms with van der Waals surface area (Å²) in [5, 5.41) is 6.97. The molecule has 0 unspecified atom stereocenters. The molecular weight excluding hydrogens is 294 g/mol. The summed E-state index contributed by atoms with van der Waals surface area (Å²) >= 11 is 5.30. The predicted molar refractivity (Wildman–Crippen MR) is 83.9 cm³/mol. The van der Waals surface area contributed by atoms with Gasteiger partial charge in [0.1, 0.15) is 5.75 Å². The molecule has 1 aromatic carbocycles. The van der Waals surface area contributed by atoms with Crippen molar-refractivity contribution in [2.45, 2.75) is 45.3 Å². The van der Waals surface area contributed by atoms with E-state index in [0.29, 0.717) is 17.1 Å². The van der Waals surface area contributed by atoms with Crippen LogP contribution >= 0.6 is 12.2 Å². The molecule has 1 fully saturated rings. The number of hydrogen-bond donors (Lipinski definition) is 2. The van der Waals surface area contributed by atoms with Gasteiger partial charge in [-0.1, -0.05) is 19.8 Å². The van der Waals surface area contributed by atoms with E-state index >= 15 is 0 Å². The van der Waals surface area contributed by atoms with E-state index in [9.17, 15) is 8.78 Å². The molecule has 6 heteroatoms. The Labute approximate surface area is 129 Å². The molecule has 21 heavy (non-hydrogen) atoms. The Hall–Kier alpha value is -1.43. The smallest absolute Gasteiger partial charge is 0.387 e. The van der Waals surface area contributed by atoms with Crippen molar-refractivity contribution in [3.05, 3.63) is 24.3 Å². The summed E-state index contributed by atoms with van der Waals surface area (Å²) in [6.45, 7) is -0.574. The van der Waals surface area contributed by atoms with Crippen molar-refractivity contribution in [3.8, 4) is 5.75 Å². The lowest BCUT2D eigenvalue weighted by Crippen LogP contribution is -2.43. The van der Waals surface area contributed by atoms with Gasteiger partial charge in [0.25, 0.3) is 0 Å². The molecule has 2 N–H and O–H groups in total. The second-order valence-electron chi connectivity index (χ2n) is 5.37. The molecular formula is C15H20F2N2OS. The van der Waals surface area contributed by atoms with E-state index in [0.717, 1.165) is 12.1 Å². The Balaban J connectivity index is 1.84. The van der Waals surface area contributed by atoms with Crippen LogP contribution in [0.3, 0.4) is 0 Å². The van der Waals surface area contributed by atoms with Crippen LogP contribution in [-0.4, -0.2) is 17.8 Å². The van der Waals surface area contributed by atoms with Gasteiger partial charge in [0, 0.05) is 11.7 Å². The minimum absolute atomic E-state index is 0.135. The molecule has 0 aromatic heterocycles. The number of halogens is 2. The van der Waals surface area contributed by atoms with Gasteiger partial charge in [0.15, 0.2) is 5.11 Å². The molecule has 3 nitrogen and oxygen atoms in total. The highest BCUT2D eigenvalue weighted by Crippen LogP contribution is 2.24. The number of alkyl halides is 2. The number of anilines is 1. The van der Waals surface area contributed by atoms with E-state index in [2.05, 4.69) is 22.3 Å². The van der Waals surface area contributed by atoms with Crippen LogP contribution in [0.25, 0.3) is 0 Å². The molecule has 0 amide bonds. The minimum Gasteiger partial charge on any atom is -0.435 e. The Bertz CT molecular complexity index is 467. The van der Waals surface area contributed by atoms with Crippen LogP contribution in [0.2, 0.25) is 0 Å². The van der Waals surface area contributed by atoms with E-state index < -0.39 is 6.61 Å². The summed E-state index contributed by atoms with van der Waals surface area (Å²) in [4.78, 5) is 0. The first-order valence-electron chi connectivity index (χ1n) is 7.17. The lowest BCUT2D eigenvalue weighted by Gasteiger charge is -2.30. The van der Waals surface area contributed by atoms with Crippen molar-refractivity contribution in [2.75, 3.05) is 5.32 Å². The van der Waals surface area contributed by atoms with Crippen LogP contribution in [-0.2, 0) is 0 Å². The van der Waals surface area contributed by atoms with Crippen molar-refractivity contribution in [1.82, 2.24) is 5.32 Å². The molecule has 0 radical (unpaired) electrons. The molecule has 1 saturated carbocycles. The maximum atomic E-state index is 12.1. The molecule has 0 saturated heterocycles. The monoisotopic (exact) mass is 314 g/mol. The number of ether oxygens (including phenoxy) is 1. The van der Waals surface area contributed by atoms with Crippen molar-refractivity contribution in [3.63, 3.8) is 0 Å². The van der Waals surface area contributed by atoms with E-state index in [-0.39, 0.29) is 5.75 Å². The van der Waals surface area contributed by atoms with Crippen molar-refractivity contribution >= 4 is 23.0 Å². The van der Waals surface area contributed by atoms with Crippen LogP contribution < -0.4 is 15.4 Å². The molecule has 1 aromatic rings. The summed E-state index contributed by atoms with van der Waals surface area (Å²) in [6.07, 6.45) is 4.86. The number of nitrogens with one attached hydrogen (secondary N) is 2. The summed E-state index contributed by atoms with van der Waals surface area (Å²) in [7, 11) is 0. The molecule has 0 aliphatic heterocycles. The van der Waals surface area contributed by atoms with E-state index in [1.54, 1.807) is 12.1 Å². The first-order chi connectivity index (χ1) is 10.0. The van der Waals surface area contributed by atoms with Gasteiger partial charge in [0.2, 0.25) is 0 Å². The summed E-state index contributed by atoms with van der Waals surface area (Å²) in [5.41, 5.74) is 0.748. The van der Waals surface area contributed by atoms with Crippen LogP contribution in [0.4, 0.5) is 14.5 Å². The van der Waals surface area contributed by atoms with Gasteiger partial charge in [0.05, 0.1) is 0 Å². The zero-order chi connectivity index (χ0) is 15.2. The minimum atomic E-state index is -2.81. The normalized spacial score (nSPS) is 21.9.